The molecule has 0 aromatic carbocycles. The van der Waals surface area contributed by atoms with E-state index in [1.165, 1.54) is 23.1 Å². The van der Waals surface area contributed by atoms with E-state index < -0.39 is 5.97 Å². The molecule has 2 aromatic rings. The zero-order chi connectivity index (χ0) is 13.8. The number of aliphatic carboxylic acids is 1. The van der Waals surface area contributed by atoms with Crippen molar-refractivity contribution in [2.75, 3.05) is 11.1 Å². The summed E-state index contributed by atoms with van der Waals surface area (Å²) < 4.78 is 2.46. The van der Waals surface area contributed by atoms with Crippen LogP contribution in [0.4, 0.5) is 5.13 Å². The van der Waals surface area contributed by atoms with E-state index in [-0.39, 0.29) is 5.75 Å². The van der Waals surface area contributed by atoms with Crippen LogP contribution >= 0.6 is 23.1 Å². The first-order valence-electron chi connectivity index (χ1n) is 5.45. The van der Waals surface area contributed by atoms with Gasteiger partial charge in [-0.2, -0.15) is 5.10 Å². The molecule has 0 aliphatic rings. The van der Waals surface area contributed by atoms with Gasteiger partial charge < -0.3 is 10.4 Å². The summed E-state index contributed by atoms with van der Waals surface area (Å²) in [6.45, 7) is 2.62. The summed E-state index contributed by atoms with van der Waals surface area (Å²) in [7, 11) is 1.89. The molecule has 9 heteroatoms. The van der Waals surface area contributed by atoms with E-state index in [4.69, 9.17) is 5.11 Å². The topological polar surface area (TPSA) is 92.9 Å². The van der Waals surface area contributed by atoms with Gasteiger partial charge in [0.05, 0.1) is 11.9 Å². The van der Waals surface area contributed by atoms with Crippen LogP contribution in [-0.2, 0) is 18.4 Å². The van der Waals surface area contributed by atoms with Crippen molar-refractivity contribution in [1.29, 1.82) is 0 Å². The monoisotopic (exact) mass is 299 g/mol. The second kappa shape index (κ2) is 6.02. The Hall–Kier alpha value is -1.61. The average Bonchev–Trinajstić information content (AvgIpc) is 2.94. The number of anilines is 1. The van der Waals surface area contributed by atoms with Crippen LogP contribution in [0.25, 0.3) is 0 Å². The minimum atomic E-state index is -0.860. The Balaban J connectivity index is 1.90. The highest BCUT2D eigenvalue weighted by Gasteiger charge is 2.08. The van der Waals surface area contributed by atoms with Crippen molar-refractivity contribution in [2.45, 2.75) is 17.8 Å². The lowest BCUT2D eigenvalue weighted by molar-refractivity contribution is -0.133. The molecule has 0 bridgehead atoms. The first-order chi connectivity index (χ1) is 9.06. The van der Waals surface area contributed by atoms with E-state index in [2.05, 4.69) is 20.6 Å². The van der Waals surface area contributed by atoms with Gasteiger partial charge in [-0.05, 0) is 6.92 Å². The lowest BCUT2D eigenvalue weighted by Crippen LogP contribution is -2.01. The normalized spacial score (nSPS) is 10.6. The molecule has 0 saturated carbocycles. The third kappa shape index (κ3) is 3.67. The molecular weight excluding hydrogens is 286 g/mol. The first kappa shape index (κ1) is 13.8. The number of hydrogen-bond acceptors (Lipinski definition) is 7. The van der Waals surface area contributed by atoms with Gasteiger partial charge in [0.2, 0.25) is 5.13 Å². The zero-order valence-electron chi connectivity index (χ0n) is 10.5. The highest BCUT2D eigenvalue weighted by atomic mass is 32.2. The fraction of sp³-hybridized carbons (Fsp3) is 0.400. The van der Waals surface area contributed by atoms with Crippen LogP contribution in [0, 0.1) is 6.92 Å². The van der Waals surface area contributed by atoms with E-state index in [9.17, 15) is 4.79 Å². The Morgan fingerprint density at radius 1 is 1.58 bits per heavy atom. The summed E-state index contributed by atoms with van der Waals surface area (Å²) in [5.74, 6) is -0.864. The highest BCUT2D eigenvalue weighted by Crippen LogP contribution is 2.25. The molecule has 0 aliphatic carbocycles. The predicted molar refractivity (Wildman–Crippen MR) is 73.5 cm³/mol. The standard InChI is InChI=1S/C10H13N5O2S2/c1-6-7(4-12-15(6)2)3-11-9-13-14-10(19-9)18-5-8(16)17/h4H,3,5H2,1-2H3,(H,11,13)(H,16,17). The van der Waals surface area contributed by atoms with Crippen LogP contribution < -0.4 is 5.32 Å². The third-order valence-electron chi connectivity index (χ3n) is 2.49. The third-order valence-corrected chi connectivity index (χ3v) is 4.49. The number of carboxylic acid groups (broad SMARTS) is 1. The van der Waals surface area contributed by atoms with Gasteiger partial charge in [0.15, 0.2) is 4.34 Å². The quantitative estimate of drug-likeness (QED) is 0.778. The van der Waals surface area contributed by atoms with Gasteiger partial charge in [0, 0.05) is 24.8 Å². The SMILES string of the molecule is Cc1c(CNc2nnc(SCC(=O)O)s2)cnn1C. The molecular formula is C10H13N5O2S2. The van der Waals surface area contributed by atoms with E-state index >= 15 is 0 Å². The molecule has 0 unspecified atom stereocenters. The smallest absolute Gasteiger partial charge is 0.313 e. The molecule has 0 saturated heterocycles. The van der Waals surface area contributed by atoms with Crippen LogP contribution in [0.2, 0.25) is 0 Å². The maximum absolute atomic E-state index is 10.4. The molecule has 102 valence electrons. The minimum absolute atomic E-state index is 0.00362. The van der Waals surface area contributed by atoms with Gasteiger partial charge in [-0.25, -0.2) is 0 Å². The number of aryl methyl sites for hydroxylation is 1. The van der Waals surface area contributed by atoms with E-state index in [0.29, 0.717) is 16.0 Å². The average molecular weight is 299 g/mol. The Bertz CT molecular complexity index is 580. The van der Waals surface area contributed by atoms with Gasteiger partial charge >= 0.3 is 5.97 Å². The maximum Gasteiger partial charge on any atom is 0.313 e. The lowest BCUT2D eigenvalue weighted by atomic mass is 10.2. The molecule has 7 nitrogen and oxygen atoms in total. The molecule has 0 spiro atoms. The van der Waals surface area contributed by atoms with Crippen molar-refractivity contribution in [3.8, 4) is 0 Å². The summed E-state index contributed by atoms with van der Waals surface area (Å²) in [6, 6.07) is 0. The van der Waals surface area contributed by atoms with Crippen molar-refractivity contribution in [1.82, 2.24) is 20.0 Å². The van der Waals surface area contributed by atoms with Gasteiger partial charge in [-0.15, -0.1) is 10.2 Å². The van der Waals surface area contributed by atoms with Crippen molar-refractivity contribution in [2.24, 2.45) is 7.05 Å². The zero-order valence-corrected chi connectivity index (χ0v) is 12.1. The number of nitrogens with zero attached hydrogens (tertiary/aromatic N) is 4. The van der Waals surface area contributed by atoms with Crippen LogP contribution in [0.1, 0.15) is 11.3 Å². The second-order valence-electron chi connectivity index (χ2n) is 3.79. The molecule has 2 N–H and O–H groups in total. The molecule has 0 atom stereocenters. The maximum atomic E-state index is 10.4. The second-order valence-corrected chi connectivity index (χ2v) is 5.99. The number of thioether (sulfide) groups is 1. The molecule has 0 aliphatic heterocycles. The number of nitrogens with one attached hydrogen (secondary N) is 1. The van der Waals surface area contributed by atoms with Crippen molar-refractivity contribution in [3.63, 3.8) is 0 Å². The highest BCUT2D eigenvalue weighted by molar-refractivity contribution is 8.01. The van der Waals surface area contributed by atoms with Gasteiger partial charge in [-0.1, -0.05) is 23.1 Å². The summed E-state index contributed by atoms with van der Waals surface area (Å²) >= 11 is 2.51. The fourth-order valence-electron chi connectivity index (χ4n) is 1.35. The van der Waals surface area contributed by atoms with Crippen LogP contribution in [-0.4, -0.2) is 36.8 Å². The van der Waals surface area contributed by atoms with E-state index in [1.807, 2.05) is 24.9 Å². The molecule has 2 aromatic heterocycles. The summed E-state index contributed by atoms with van der Waals surface area (Å²) in [5, 5.41) is 24.4. The molecule has 0 fully saturated rings. The van der Waals surface area contributed by atoms with Crippen molar-refractivity contribution < 1.29 is 9.90 Å². The summed E-state index contributed by atoms with van der Waals surface area (Å²) in [4.78, 5) is 10.4. The number of hydrogen-bond donors (Lipinski definition) is 2. The molecule has 0 radical (unpaired) electrons. The van der Waals surface area contributed by atoms with Crippen LogP contribution in [0.15, 0.2) is 10.5 Å². The Morgan fingerprint density at radius 3 is 3.00 bits per heavy atom. The Morgan fingerprint density at radius 2 is 2.37 bits per heavy atom. The van der Waals surface area contributed by atoms with Gasteiger partial charge in [-0.3, -0.25) is 9.48 Å². The minimum Gasteiger partial charge on any atom is -0.481 e. The molecule has 0 amide bonds. The number of carbonyl (C=O) groups is 1. The van der Waals surface area contributed by atoms with Crippen molar-refractivity contribution in [3.05, 3.63) is 17.5 Å². The number of carboxylic acids is 1. The molecule has 2 rings (SSSR count). The summed E-state index contributed by atoms with van der Waals surface area (Å²) in [5.41, 5.74) is 2.19. The molecule has 19 heavy (non-hydrogen) atoms. The van der Waals surface area contributed by atoms with E-state index in [0.717, 1.165) is 11.3 Å². The van der Waals surface area contributed by atoms with Gasteiger partial charge in [0.1, 0.15) is 0 Å². The van der Waals surface area contributed by atoms with E-state index in [1.54, 1.807) is 0 Å². The number of aromatic nitrogens is 4. The molecule has 2 heterocycles. The Kier molecular flexibility index (Phi) is 4.38. The lowest BCUT2D eigenvalue weighted by Gasteiger charge is -2.01. The van der Waals surface area contributed by atoms with Crippen LogP contribution in [0.5, 0.6) is 0 Å². The predicted octanol–water partition coefficient (Wildman–Crippen LogP) is 1.37. The first-order valence-corrected chi connectivity index (χ1v) is 7.26. The van der Waals surface area contributed by atoms with Crippen LogP contribution in [0.3, 0.4) is 0 Å². The van der Waals surface area contributed by atoms with Gasteiger partial charge in [0.25, 0.3) is 0 Å². The summed E-state index contributed by atoms with van der Waals surface area (Å²) in [6.07, 6.45) is 1.81. The van der Waals surface area contributed by atoms with Crippen molar-refractivity contribution >= 4 is 34.2 Å². The fourth-order valence-corrected chi connectivity index (χ4v) is 2.82. The largest absolute Gasteiger partial charge is 0.481 e. The Labute approximate surface area is 118 Å². The number of rotatable bonds is 6.